The third kappa shape index (κ3) is 3.62. The summed E-state index contributed by atoms with van der Waals surface area (Å²) in [4.78, 5) is 22.0. The molecule has 0 radical (unpaired) electrons. The normalized spacial score (nSPS) is 10.2. The summed E-state index contributed by atoms with van der Waals surface area (Å²) in [7, 11) is 0. The number of Topliss-reactive ketones (excluding diaryl/α,β-unsaturated/α-hetero) is 1. The quantitative estimate of drug-likeness (QED) is 0.481. The Morgan fingerprint density at radius 1 is 1.24 bits per heavy atom. The minimum Gasteiger partial charge on any atom is -0.485 e. The predicted molar refractivity (Wildman–Crippen MR) is 74.1 cm³/mol. The van der Waals surface area contributed by atoms with Crippen molar-refractivity contribution in [3.63, 3.8) is 0 Å². The Morgan fingerprint density at radius 3 is 2.48 bits per heavy atom. The van der Waals surface area contributed by atoms with E-state index in [4.69, 9.17) is 4.74 Å². The van der Waals surface area contributed by atoms with Gasteiger partial charge in [-0.2, -0.15) is 0 Å². The molecule has 0 atom stereocenters. The number of ether oxygens (including phenoxy) is 1. The monoisotopic (exact) mass is 289 g/mol. The number of nitrogens with zero attached hydrogens (tertiary/aromatic N) is 1. The number of halogens is 1. The van der Waals surface area contributed by atoms with Crippen LogP contribution in [-0.2, 0) is 0 Å². The second-order valence-corrected chi connectivity index (χ2v) is 4.42. The van der Waals surface area contributed by atoms with Gasteiger partial charge in [-0.25, -0.2) is 4.39 Å². The fraction of sp³-hybridized carbons (Fsp3) is 0.133. The van der Waals surface area contributed by atoms with E-state index in [1.165, 1.54) is 42.5 Å². The fourth-order valence-electron chi connectivity index (χ4n) is 1.79. The molecule has 2 rings (SSSR count). The predicted octanol–water partition coefficient (Wildman–Crippen LogP) is 3.30. The van der Waals surface area contributed by atoms with Crippen LogP contribution in [0.25, 0.3) is 0 Å². The van der Waals surface area contributed by atoms with Gasteiger partial charge in [-0.15, -0.1) is 0 Å². The van der Waals surface area contributed by atoms with Gasteiger partial charge in [0.05, 0.1) is 4.92 Å². The van der Waals surface area contributed by atoms with Crippen molar-refractivity contribution in [1.82, 2.24) is 0 Å². The van der Waals surface area contributed by atoms with E-state index in [0.717, 1.165) is 0 Å². The average molecular weight is 289 g/mol. The Bertz CT molecular complexity index is 683. The standard InChI is InChI=1S/C15H12FNO4/c1-10-8-13(6-7-14(10)17(19)20)21-9-15(18)11-2-4-12(16)5-3-11/h2-8H,9H2,1H3. The maximum Gasteiger partial charge on any atom is 0.272 e. The first-order valence-electron chi connectivity index (χ1n) is 6.14. The van der Waals surface area contributed by atoms with E-state index in [-0.39, 0.29) is 18.1 Å². The molecule has 2 aromatic carbocycles. The van der Waals surface area contributed by atoms with Crippen molar-refractivity contribution in [2.45, 2.75) is 6.92 Å². The zero-order chi connectivity index (χ0) is 15.4. The number of benzene rings is 2. The van der Waals surface area contributed by atoms with E-state index < -0.39 is 10.7 Å². The van der Waals surface area contributed by atoms with Crippen LogP contribution in [0.15, 0.2) is 42.5 Å². The molecule has 0 fully saturated rings. The van der Waals surface area contributed by atoms with Gasteiger partial charge < -0.3 is 4.74 Å². The van der Waals surface area contributed by atoms with Gasteiger partial charge in [0.2, 0.25) is 0 Å². The molecule has 5 nitrogen and oxygen atoms in total. The van der Waals surface area contributed by atoms with Gasteiger partial charge in [0.25, 0.3) is 5.69 Å². The third-order valence-electron chi connectivity index (χ3n) is 2.90. The Labute approximate surface area is 120 Å². The number of hydrogen-bond donors (Lipinski definition) is 0. The van der Waals surface area contributed by atoms with Crippen LogP contribution in [0.4, 0.5) is 10.1 Å². The van der Waals surface area contributed by atoms with Gasteiger partial charge in [0.15, 0.2) is 12.4 Å². The number of rotatable bonds is 5. The Kier molecular flexibility index (Phi) is 4.27. The first-order chi connectivity index (χ1) is 9.97. The highest BCUT2D eigenvalue weighted by atomic mass is 19.1. The van der Waals surface area contributed by atoms with Crippen LogP contribution >= 0.6 is 0 Å². The lowest BCUT2D eigenvalue weighted by Gasteiger charge is -2.06. The van der Waals surface area contributed by atoms with Crippen LogP contribution in [0, 0.1) is 22.9 Å². The van der Waals surface area contributed by atoms with Crippen molar-refractivity contribution >= 4 is 11.5 Å². The van der Waals surface area contributed by atoms with Crippen molar-refractivity contribution in [3.8, 4) is 5.75 Å². The van der Waals surface area contributed by atoms with Gasteiger partial charge in [0.1, 0.15) is 11.6 Å². The molecule has 0 heterocycles. The molecule has 0 N–H and O–H groups in total. The number of nitro benzene ring substituents is 1. The molecule has 0 saturated carbocycles. The molecule has 0 amide bonds. The summed E-state index contributed by atoms with van der Waals surface area (Å²) < 4.78 is 18.1. The summed E-state index contributed by atoms with van der Waals surface area (Å²) in [6, 6.07) is 9.41. The van der Waals surface area contributed by atoms with Crippen LogP contribution in [0.1, 0.15) is 15.9 Å². The van der Waals surface area contributed by atoms with Gasteiger partial charge >= 0.3 is 0 Å². The van der Waals surface area contributed by atoms with Crippen LogP contribution in [0.2, 0.25) is 0 Å². The van der Waals surface area contributed by atoms with Crippen molar-refractivity contribution in [3.05, 3.63) is 69.5 Å². The number of ketones is 1. The lowest BCUT2D eigenvalue weighted by molar-refractivity contribution is -0.385. The molecule has 0 spiro atoms. The van der Waals surface area contributed by atoms with E-state index in [1.54, 1.807) is 6.92 Å². The first kappa shape index (κ1) is 14.6. The molecule has 6 heteroatoms. The van der Waals surface area contributed by atoms with E-state index in [1.807, 2.05) is 0 Å². The molecule has 21 heavy (non-hydrogen) atoms. The van der Waals surface area contributed by atoms with E-state index >= 15 is 0 Å². The molecule has 0 bridgehead atoms. The molecule has 0 saturated heterocycles. The molecule has 0 aromatic heterocycles. The van der Waals surface area contributed by atoms with Crippen LogP contribution in [-0.4, -0.2) is 17.3 Å². The topological polar surface area (TPSA) is 69.4 Å². The number of carbonyl (C=O) groups is 1. The number of aryl methyl sites for hydroxylation is 1. The summed E-state index contributed by atoms with van der Waals surface area (Å²) >= 11 is 0. The second-order valence-electron chi connectivity index (χ2n) is 4.42. The maximum atomic E-state index is 12.8. The lowest BCUT2D eigenvalue weighted by atomic mass is 10.1. The van der Waals surface area contributed by atoms with Crippen molar-refractivity contribution in [2.24, 2.45) is 0 Å². The minimum atomic E-state index is -0.483. The van der Waals surface area contributed by atoms with Gasteiger partial charge in [-0.1, -0.05) is 0 Å². The summed E-state index contributed by atoms with van der Waals surface area (Å²) in [6.45, 7) is 1.37. The van der Waals surface area contributed by atoms with Gasteiger partial charge in [-0.05, 0) is 43.3 Å². The Morgan fingerprint density at radius 2 is 1.90 bits per heavy atom. The molecular formula is C15H12FNO4. The third-order valence-corrected chi connectivity index (χ3v) is 2.90. The smallest absolute Gasteiger partial charge is 0.272 e. The fourth-order valence-corrected chi connectivity index (χ4v) is 1.79. The Hall–Kier alpha value is -2.76. The summed E-state index contributed by atoms with van der Waals surface area (Å²) in [5.74, 6) is -0.349. The summed E-state index contributed by atoms with van der Waals surface area (Å²) in [6.07, 6.45) is 0. The zero-order valence-corrected chi connectivity index (χ0v) is 11.2. The number of nitro groups is 1. The highest BCUT2D eigenvalue weighted by molar-refractivity contribution is 5.97. The van der Waals surface area contributed by atoms with Crippen LogP contribution in [0.3, 0.4) is 0 Å². The van der Waals surface area contributed by atoms with Gasteiger partial charge in [-0.3, -0.25) is 14.9 Å². The highest BCUT2D eigenvalue weighted by Crippen LogP contribution is 2.23. The lowest BCUT2D eigenvalue weighted by Crippen LogP contribution is -2.11. The molecule has 0 aliphatic rings. The first-order valence-corrected chi connectivity index (χ1v) is 6.14. The SMILES string of the molecule is Cc1cc(OCC(=O)c2ccc(F)cc2)ccc1[N+](=O)[O-]. The minimum absolute atomic E-state index is 0.00721. The molecular weight excluding hydrogens is 277 g/mol. The summed E-state index contributed by atoms with van der Waals surface area (Å²) in [5.41, 5.74) is 0.786. The van der Waals surface area contributed by atoms with Crippen molar-refractivity contribution in [1.29, 1.82) is 0 Å². The van der Waals surface area contributed by atoms with E-state index in [9.17, 15) is 19.3 Å². The molecule has 2 aromatic rings. The Balaban J connectivity index is 2.03. The molecule has 108 valence electrons. The number of carbonyl (C=O) groups excluding carboxylic acids is 1. The summed E-state index contributed by atoms with van der Waals surface area (Å²) in [5, 5.41) is 10.7. The highest BCUT2D eigenvalue weighted by Gasteiger charge is 2.12. The molecule has 0 aliphatic carbocycles. The van der Waals surface area contributed by atoms with E-state index in [2.05, 4.69) is 0 Å². The largest absolute Gasteiger partial charge is 0.485 e. The number of hydrogen-bond acceptors (Lipinski definition) is 4. The van der Waals surface area contributed by atoms with E-state index in [0.29, 0.717) is 16.9 Å². The molecule has 0 aliphatic heterocycles. The average Bonchev–Trinajstić information content (AvgIpc) is 2.45. The maximum absolute atomic E-state index is 12.8. The van der Waals surface area contributed by atoms with Crippen molar-refractivity contribution < 1.29 is 18.8 Å². The van der Waals surface area contributed by atoms with Gasteiger partial charge in [0, 0.05) is 17.2 Å². The van der Waals surface area contributed by atoms with Crippen molar-refractivity contribution in [2.75, 3.05) is 6.61 Å². The second kappa shape index (κ2) is 6.13. The van der Waals surface area contributed by atoms with Crippen LogP contribution < -0.4 is 4.74 Å². The van der Waals surface area contributed by atoms with Crippen LogP contribution in [0.5, 0.6) is 5.75 Å². The molecule has 0 unspecified atom stereocenters. The zero-order valence-electron chi connectivity index (χ0n) is 11.2.